The predicted molar refractivity (Wildman–Crippen MR) is 54.8 cm³/mol. The molecule has 1 nitrogen and oxygen atoms in total. The number of carbonyl (C=O) groups is 1. The van der Waals surface area contributed by atoms with Gasteiger partial charge in [-0.25, -0.2) is 0 Å². The van der Waals surface area contributed by atoms with Gasteiger partial charge in [-0.05, 0) is 24.8 Å². The lowest BCUT2D eigenvalue weighted by atomic mass is 9.95. The first-order chi connectivity index (χ1) is 6.20. The van der Waals surface area contributed by atoms with Gasteiger partial charge in [0.25, 0.3) is 0 Å². The Labute approximate surface area is 79.8 Å². The van der Waals surface area contributed by atoms with Crippen molar-refractivity contribution in [2.24, 2.45) is 0 Å². The van der Waals surface area contributed by atoms with Crippen molar-refractivity contribution in [3.63, 3.8) is 0 Å². The van der Waals surface area contributed by atoms with Crippen LogP contribution in [0.3, 0.4) is 0 Å². The van der Waals surface area contributed by atoms with Crippen LogP contribution in [0.15, 0.2) is 30.3 Å². The largest absolute Gasteiger partial charge is 0.300 e. The summed E-state index contributed by atoms with van der Waals surface area (Å²) in [6, 6.07) is 10.3. The molecule has 0 aliphatic rings. The highest BCUT2D eigenvalue weighted by Gasteiger charge is 2.05. The monoisotopic (exact) mass is 176 g/mol. The van der Waals surface area contributed by atoms with E-state index >= 15 is 0 Å². The van der Waals surface area contributed by atoms with Gasteiger partial charge in [0.2, 0.25) is 0 Å². The minimum atomic E-state index is 0.280. The molecule has 0 fully saturated rings. The van der Waals surface area contributed by atoms with Gasteiger partial charge < -0.3 is 4.79 Å². The Balaban J connectivity index is 2.49. The van der Waals surface area contributed by atoms with Crippen LogP contribution in [0.25, 0.3) is 0 Å². The van der Waals surface area contributed by atoms with Crippen molar-refractivity contribution in [2.45, 2.75) is 32.6 Å². The van der Waals surface area contributed by atoms with Crippen molar-refractivity contribution in [3.05, 3.63) is 35.9 Å². The van der Waals surface area contributed by atoms with Gasteiger partial charge in [0.05, 0.1) is 0 Å². The number of Topliss-reactive ketones (excluding diaryl/α,β-unsaturated/α-hetero) is 1. The first-order valence-corrected chi connectivity index (χ1v) is 4.74. The van der Waals surface area contributed by atoms with E-state index in [0.717, 1.165) is 6.42 Å². The summed E-state index contributed by atoms with van der Waals surface area (Å²) < 4.78 is 0. The molecule has 70 valence electrons. The van der Waals surface area contributed by atoms with Gasteiger partial charge in [-0.15, -0.1) is 0 Å². The van der Waals surface area contributed by atoms with E-state index in [4.69, 9.17) is 0 Å². The van der Waals surface area contributed by atoms with E-state index in [-0.39, 0.29) is 5.78 Å². The molecule has 0 bridgehead atoms. The molecule has 0 spiro atoms. The van der Waals surface area contributed by atoms with Gasteiger partial charge in [0.15, 0.2) is 0 Å². The topological polar surface area (TPSA) is 17.1 Å². The number of carbonyl (C=O) groups excluding carboxylic acids is 1. The number of benzene rings is 1. The molecule has 1 aromatic carbocycles. The molecule has 0 saturated carbocycles. The average Bonchev–Trinajstić information content (AvgIpc) is 2.15. The summed E-state index contributed by atoms with van der Waals surface area (Å²) in [5, 5.41) is 0. The zero-order valence-electron chi connectivity index (χ0n) is 8.29. The summed E-state index contributed by atoms with van der Waals surface area (Å²) in [6.45, 7) is 3.82. The lowest BCUT2D eigenvalue weighted by Gasteiger charge is -2.09. The molecule has 0 N–H and O–H groups in total. The number of hydrogen-bond donors (Lipinski definition) is 0. The summed E-state index contributed by atoms with van der Waals surface area (Å²) in [6.07, 6.45) is 1.65. The molecule has 0 aromatic heterocycles. The molecule has 0 heterocycles. The normalized spacial score (nSPS) is 12.5. The second-order valence-corrected chi connectivity index (χ2v) is 3.55. The third-order valence-corrected chi connectivity index (χ3v) is 2.30. The molecule has 1 rings (SSSR count). The van der Waals surface area contributed by atoms with Crippen LogP contribution in [0.5, 0.6) is 0 Å². The van der Waals surface area contributed by atoms with Crippen LogP contribution in [0.1, 0.15) is 38.2 Å². The zero-order valence-corrected chi connectivity index (χ0v) is 8.29. The molecule has 0 aliphatic carbocycles. The molecule has 0 unspecified atom stereocenters. The van der Waals surface area contributed by atoms with Crippen LogP contribution < -0.4 is 0 Å². The Morgan fingerprint density at radius 2 is 1.92 bits per heavy atom. The molecule has 1 atom stereocenters. The third-order valence-electron chi connectivity index (χ3n) is 2.30. The van der Waals surface area contributed by atoms with Crippen LogP contribution in [0.4, 0.5) is 0 Å². The molecule has 0 radical (unpaired) electrons. The fourth-order valence-electron chi connectivity index (χ4n) is 1.37. The number of ketones is 1. The van der Waals surface area contributed by atoms with Crippen LogP contribution in [-0.2, 0) is 4.79 Å². The van der Waals surface area contributed by atoms with Gasteiger partial charge in [-0.1, -0.05) is 37.3 Å². The van der Waals surface area contributed by atoms with Crippen LogP contribution in [-0.4, -0.2) is 5.78 Å². The van der Waals surface area contributed by atoms with E-state index in [9.17, 15) is 4.79 Å². The summed E-state index contributed by atoms with van der Waals surface area (Å²) in [7, 11) is 0. The summed E-state index contributed by atoms with van der Waals surface area (Å²) in [5.41, 5.74) is 1.32. The Hall–Kier alpha value is -1.11. The fourth-order valence-corrected chi connectivity index (χ4v) is 1.37. The highest BCUT2D eigenvalue weighted by molar-refractivity contribution is 5.75. The van der Waals surface area contributed by atoms with E-state index in [1.807, 2.05) is 18.2 Å². The molecule has 0 saturated heterocycles. The highest BCUT2D eigenvalue weighted by atomic mass is 16.1. The highest BCUT2D eigenvalue weighted by Crippen LogP contribution is 2.19. The fraction of sp³-hybridized carbons (Fsp3) is 0.417. The van der Waals surface area contributed by atoms with E-state index < -0.39 is 0 Å². The average molecular weight is 176 g/mol. The van der Waals surface area contributed by atoms with E-state index in [0.29, 0.717) is 12.3 Å². The summed E-state index contributed by atoms with van der Waals surface area (Å²) >= 11 is 0. The Morgan fingerprint density at radius 1 is 1.31 bits per heavy atom. The second kappa shape index (κ2) is 4.80. The standard InChI is InChI=1S/C12H16O/c1-10(8-9-11(2)13)12-6-4-3-5-7-12/h3-7,10H,8-9H2,1-2H3/t10-/m0/s1. The lowest BCUT2D eigenvalue weighted by Crippen LogP contribution is -1.97. The van der Waals surface area contributed by atoms with Crippen molar-refractivity contribution in [2.75, 3.05) is 0 Å². The maximum atomic E-state index is 10.8. The SMILES string of the molecule is CC(=O)CC[C@H](C)c1ccccc1. The zero-order chi connectivity index (χ0) is 9.68. The minimum Gasteiger partial charge on any atom is -0.300 e. The van der Waals surface area contributed by atoms with E-state index in [1.165, 1.54) is 5.56 Å². The third kappa shape index (κ3) is 3.41. The van der Waals surface area contributed by atoms with Crippen LogP contribution in [0.2, 0.25) is 0 Å². The molecule has 0 aliphatic heterocycles. The summed E-state index contributed by atoms with van der Waals surface area (Å²) in [4.78, 5) is 10.8. The molecular formula is C12H16O. The van der Waals surface area contributed by atoms with E-state index in [2.05, 4.69) is 19.1 Å². The van der Waals surface area contributed by atoms with Crippen LogP contribution >= 0.6 is 0 Å². The molecular weight excluding hydrogens is 160 g/mol. The van der Waals surface area contributed by atoms with Gasteiger partial charge in [-0.3, -0.25) is 0 Å². The van der Waals surface area contributed by atoms with Crippen molar-refractivity contribution in [3.8, 4) is 0 Å². The Kier molecular flexibility index (Phi) is 3.69. The molecule has 1 heteroatoms. The Bertz CT molecular complexity index is 264. The predicted octanol–water partition coefficient (Wildman–Crippen LogP) is 3.16. The minimum absolute atomic E-state index is 0.280. The smallest absolute Gasteiger partial charge is 0.129 e. The summed E-state index contributed by atoms with van der Waals surface area (Å²) in [5.74, 6) is 0.771. The second-order valence-electron chi connectivity index (χ2n) is 3.55. The maximum Gasteiger partial charge on any atom is 0.129 e. The quantitative estimate of drug-likeness (QED) is 0.688. The van der Waals surface area contributed by atoms with Gasteiger partial charge in [-0.2, -0.15) is 0 Å². The van der Waals surface area contributed by atoms with Crippen molar-refractivity contribution < 1.29 is 4.79 Å². The van der Waals surface area contributed by atoms with Crippen molar-refractivity contribution in [1.82, 2.24) is 0 Å². The lowest BCUT2D eigenvalue weighted by molar-refractivity contribution is -0.117. The van der Waals surface area contributed by atoms with E-state index in [1.54, 1.807) is 6.92 Å². The van der Waals surface area contributed by atoms with Gasteiger partial charge in [0.1, 0.15) is 5.78 Å². The first kappa shape index (κ1) is 9.97. The Morgan fingerprint density at radius 3 is 2.46 bits per heavy atom. The van der Waals surface area contributed by atoms with Gasteiger partial charge >= 0.3 is 0 Å². The van der Waals surface area contributed by atoms with Gasteiger partial charge in [0, 0.05) is 6.42 Å². The maximum absolute atomic E-state index is 10.8. The molecule has 0 amide bonds. The number of rotatable bonds is 4. The number of hydrogen-bond acceptors (Lipinski definition) is 1. The molecule has 13 heavy (non-hydrogen) atoms. The molecule has 1 aromatic rings. The van der Waals surface area contributed by atoms with Crippen LogP contribution in [0, 0.1) is 0 Å². The first-order valence-electron chi connectivity index (χ1n) is 4.74. The van der Waals surface area contributed by atoms with Crippen molar-refractivity contribution >= 4 is 5.78 Å². The van der Waals surface area contributed by atoms with Crippen molar-refractivity contribution in [1.29, 1.82) is 0 Å².